The van der Waals surface area contributed by atoms with Crippen LogP contribution in [0, 0.1) is 0 Å². The van der Waals surface area contributed by atoms with Crippen molar-refractivity contribution in [2.24, 2.45) is 0 Å². The van der Waals surface area contributed by atoms with Gasteiger partial charge in [0.25, 0.3) is 0 Å². The van der Waals surface area contributed by atoms with E-state index < -0.39 is 38.2 Å². The summed E-state index contributed by atoms with van der Waals surface area (Å²) in [7, 11) is -4.22. The Balaban J connectivity index is 0.00000169. The second-order valence-electron chi connectivity index (χ2n) is 5.10. The number of phosphoric ester groups is 1. The molecule has 0 bridgehead atoms. The van der Waals surface area contributed by atoms with Crippen LogP contribution in [0.4, 0.5) is 5.95 Å². The van der Waals surface area contributed by atoms with Crippen molar-refractivity contribution in [2.75, 3.05) is 12.3 Å². The van der Waals surface area contributed by atoms with Gasteiger partial charge in [-0.15, -0.1) is 0 Å². The first-order chi connectivity index (χ1) is 10.9. The van der Waals surface area contributed by atoms with Gasteiger partial charge in [-0.2, -0.15) is 4.98 Å². The molecular formula is C10H11N5NaO7P. The molecule has 2 fully saturated rings. The number of ether oxygens (including phenoxy) is 1. The molecule has 2 aromatic rings. The average Bonchev–Trinajstić information content (AvgIpc) is 3.00. The summed E-state index contributed by atoms with van der Waals surface area (Å²) in [5.74, 6) is -0.899. The summed E-state index contributed by atoms with van der Waals surface area (Å²) in [5, 5.41) is 22.1. The van der Waals surface area contributed by atoms with E-state index in [1.165, 1.54) is 10.9 Å². The molecule has 2 aliphatic rings. The van der Waals surface area contributed by atoms with E-state index in [0.717, 1.165) is 0 Å². The Morgan fingerprint density at radius 1 is 1.46 bits per heavy atom. The fourth-order valence-electron chi connectivity index (χ4n) is 2.66. The summed E-state index contributed by atoms with van der Waals surface area (Å²) in [6.45, 7) is -0.220. The van der Waals surface area contributed by atoms with Gasteiger partial charge >= 0.3 is 37.4 Å². The Kier molecular flexibility index (Phi) is 4.62. The maximum absolute atomic E-state index is 11.7. The van der Waals surface area contributed by atoms with Gasteiger partial charge in [0, 0.05) is 5.88 Å². The first kappa shape index (κ1) is 18.0. The van der Waals surface area contributed by atoms with Crippen LogP contribution in [0.25, 0.3) is 11.2 Å². The molecule has 5 unspecified atom stereocenters. The minimum Gasteiger partial charge on any atom is -0.857 e. The number of aromatic nitrogens is 4. The van der Waals surface area contributed by atoms with Crippen molar-refractivity contribution < 1.29 is 63.0 Å². The molecule has 0 spiro atoms. The van der Waals surface area contributed by atoms with Crippen LogP contribution in [-0.2, 0) is 18.3 Å². The number of nitrogens with zero attached hydrogens (tertiary/aromatic N) is 4. The van der Waals surface area contributed by atoms with Crippen LogP contribution >= 0.6 is 7.82 Å². The van der Waals surface area contributed by atoms with E-state index in [0.29, 0.717) is 0 Å². The quantitative estimate of drug-likeness (QED) is 0.326. The van der Waals surface area contributed by atoms with Gasteiger partial charge in [0.05, 0.1) is 12.9 Å². The number of phosphoric acid groups is 1. The topological polar surface area (TPSA) is 178 Å². The SMILES string of the molecule is Nc1nc([O-])c2ncn(C3OC4COP(=O)(O)OC4C3O)c2n1.[Na+]. The summed E-state index contributed by atoms with van der Waals surface area (Å²) < 4.78 is 27.9. The number of rotatable bonds is 1. The number of fused-ring (bicyclic) bond motifs is 2. The van der Waals surface area contributed by atoms with Crippen LogP contribution in [0.1, 0.15) is 6.23 Å². The molecule has 124 valence electrons. The average molecular weight is 367 g/mol. The molecular weight excluding hydrogens is 356 g/mol. The van der Waals surface area contributed by atoms with E-state index in [1.54, 1.807) is 0 Å². The maximum Gasteiger partial charge on any atom is 1.00 e. The predicted octanol–water partition coefficient (Wildman–Crippen LogP) is -4.74. The molecule has 0 aromatic carbocycles. The fourth-order valence-corrected chi connectivity index (χ4v) is 3.62. The van der Waals surface area contributed by atoms with E-state index in [2.05, 4.69) is 19.5 Å². The van der Waals surface area contributed by atoms with Gasteiger partial charge in [0.1, 0.15) is 23.8 Å². The van der Waals surface area contributed by atoms with Gasteiger partial charge in [-0.25, -0.2) is 14.5 Å². The minimum absolute atomic E-state index is 0. The van der Waals surface area contributed by atoms with Crippen LogP contribution in [-0.4, -0.2) is 54.4 Å². The number of hydrogen-bond donors (Lipinski definition) is 3. The Bertz CT molecular complexity index is 833. The van der Waals surface area contributed by atoms with Gasteiger partial charge in [-0.1, -0.05) is 0 Å². The molecule has 0 radical (unpaired) electrons. The zero-order valence-electron chi connectivity index (χ0n) is 12.3. The standard InChI is InChI=1S/C10H12N5O7P.Na/c11-10-13-7-4(8(17)14-10)12-2-15(7)9-5(16)6-3(21-9)1-20-23(18,19)22-6;/h2-3,5-6,9,16H,1H2,(H,18,19)(H3,11,13,14,17);/q;+1/p-1. The molecule has 12 nitrogen and oxygen atoms in total. The minimum atomic E-state index is -4.22. The van der Waals surface area contributed by atoms with Crippen LogP contribution in [0.5, 0.6) is 5.88 Å². The van der Waals surface area contributed by atoms with Crippen molar-refractivity contribution >= 4 is 24.9 Å². The summed E-state index contributed by atoms with van der Waals surface area (Å²) in [6.07, 6.45) is -2.91. The second kappa shape index (κ2) is 6.16. The van der Waals surface area contributed by atoms with E-state index in [1.807, 2.05) is 0 Å². The Hall–Kier alpha value is -0.820. The number of hydrogen-bond acceptors (Lipinski definition) is 10. The summed E-state index contributed by atoms with van der Waals surface area (Å²) in [4.78, 5) is 20.6. The Labute approximate surface area is 156 Å². The van der Waals surface area contributed by atoms with Gasteiger partial charge in [-0.05, 0) is 0 Å². The van der Waals surface area contributed by atoms with E-state index in [9.17, 15) is 19.7 Å². The molecule has 14 heteroatoms. The van der Waals surface area contributed by atoms with Crippen molar-refractivity contribution in [3.05, 3.63) is 6.33 Å². The van der Waals surface area contributed by atoms with Gasteiger partial charge in [0.2, 0.25) is 5.95 Å². The molecule has 2 saturated heterocycles. The van der Waals surface area contributed by atoms with Gasteiger partial charge in [0.15, 0.2) is 11.9 Å². The number of nitrogen functional groups attached to an aromatic ring is 1. The smallest absolute Gasteiger partial charge is 0.857 e. The fraction of sp³-hybridized carbons (Fsp3) is 0.500. The van der Waals surface area contributed by atoms with Crippen molar-refractivity contribution in [2.45, 2.75) is 24.5 Å². The molecule has 24 heavy (non-hydrogen) atoms. The predicted molar refractivity (Wildman–Crippen MR) is 69.7 cm³/mol. The van der Waals surface area contributed by atoms with Crippen LogP contribution < -0.4 is 40.4 Å². The molecule has 2 aromatic heterocycles. The van der Waals surface area contributed by atoms with E-state index in [-0.39, 0.29) is 53.3 Å². The zero-order chi connectivity index (χ0) is 16.4. The van der Waals surface area contributed by atoms with Crippen LogP contribution in [0.15, 0.2) is 6.33 Å². The normalized spacial score (nSPS) is 35.6. The van der Waals surface area contributed by atoms with E-state index in [4.69, 9.17) is 15.0 Å². The molecule has 0 amide bonds. The molecule has 4 N–H and O–H groups in total. The zero-order valence-corrected chi connectivity index (χ0v) is 15.2. The Morgan fingerprint density at radius 3 is 2.96 bits per heavy atom. The monoisotopic (exact) mass is 367 g/mol. The van der Waals surface area contributed by atoms with E-state index >= 15 is 0 Å². The maximum atomic E-state index is 11.7. The number of anilines is 1. The third-order valence-electron chi connectivity index (χ3n) is 3.65. The van der Waals surface area contributed by atoms with Gasteiger partial charge in [-0.3, -0.25) is 13.6 Å². The number of imidazole rings is 1. The first-order valence-corrected chi connectivity index (χ1v) is 8.01. The van der Waals surface area contributed by atoms with Crippen LogP contribution in [0.2, 0.25) is 0 Å². The molecule has 4 rings (SSSR count). The Morgan fingerprint density at radius 2 is 2.21 bits per heavy atom. The number of aliphatic hydroxyl groups excluding tert-OH is 1. The summed E-state index contributed by atoms with van der Waals surface area (Å²) >= 11 is 0. The largest absolute Gasteiger partial charge is 1.00 e. The molecule has 4 heterocycles. The van der Waals surface area contributed by atoms with Crippen molar-refractivity contribution in [1.82, 2.24) is 19.5 Å². The molecule has 0 aliphatic carbocycles. The summed E-state index contributed by atoms with van der Waals surface area (Å²) in [6, 6.07) is 0. The summed E-state index contributed by atoms with van der Waals surface area (Å²) in [5.41, 5.74) is 5.51. The molecule has 5 atom stereocenters. The number of aliphatic hydroxyl groups is 1. The van der Waals surface area contributed by atoms with Crippen molar-refractivity contribution in [3.63, 3.8) is 0 Å². The van der Waals surface area contributed by atoms with Gasteiger partial charge < -0.3 is 25.6 Å². The molecule has 2 aliphatic heterocycles. The second-order valence-corrected chi connectivity index (χ2v) is 6.51. The molecule has 0 saturated carbocycles. The van der Waals surface area contributed by atoms with Crippen molar-refractivity contribution in [3.8, 4) is 5.88 Å². The third-order valence-corrected chi connectivity index (χ3v) is 4.63. The number of nitrogens with two attached hydrogens (primary N) is 1. The van der Waals surface area contributed by atoms with Crippen LogP contribution in [0.3, 0.4) is 0 Å². The first-order valence-electron chi connectivity index (χ1n) is 6.52. The van der Waals surface area contributed by atoms with Crippen molar-refractivity contribution in [1.29, 1.82) is 0 Å². The third kappa shape index (κ3) is 2.83.